The van der Waals surface area contributed by atoms with Crippen LogP contribution in [-0.2, 0) is 11.4 Å². The van der Waals surface area contributed by atoms with Gasteiger partial charge >= 0.3 is 0 Å². The van der Waals surface area contributed by atoms with Gasteiger partial charge in [0.15, 0.2) is 0 Å². The van der Waals surface area contributed by atoms with Gasteiger partial charge in [0.2, 0.25) is 5.91 Å². The van der Waals surface area contributed by atoms with Gasteiger partial charge in [-0.1, -0.05) is 48.5 Å². The maximum atomic E-state index is 13.0. The first-order valence-corrected chi connectivity index (χ1v) is 12.0. The van der Waals surface area contributed by atoms with Crippen LogP contribution in [0.25, 0.3) is 10.8 Å². The predicted molar refractivity (Wildman–Crippen MR) is 135 cm³/mol. The van der Waals surface area contributed by atoms with Gasteiger partial charge in [-0.15, -0.1) is 11.8 Å². The standard InChI is InChI=1S/C26H20BrFN2O2S/c27-23-14-19(10-13-24(23)32-16-18-8-11-21(28)12-9-18)15-29-30-26(31)17-33-25-7-3-5-20-4-1-2-6-22(20)25/h1-15H,16-17H2,(H,30,31). The van der Waals surface area contributed by atoms with E-state index in [2.05, 4.69) is 44.7 Å². The van der Waals surface area contributed by atoms with E-state index in [1.807, 2.05) is 42.5 Å². The first kappa shape index (κ1) is 23.0. The number of nitrogens with zero attached hydrogens (tertiary/aromatic N) is 1. The molecule has 4 rings (SSSR count). The molecule has 1 N–H and O–H groups in total. The molecule has 0 fully saturated rings. The molecule has 0 saturated carbocycles. The zero-order valence-corrected chi connectivity index (χ0v) is 19.9. The minimum absolute atomic E-state index is 0.178. The Hall–Kier alpha value is -3.16. The SMILES string of the molecule is O=C(CSc1cccc2ccccc12)NN=Cc1ccc(OCc2ccc(F)cc2)c(Br)c1. The molecule has 4 aromatic carbocycles. The Kier molecular flexibility index (Phi) is 7.75. The van der Waals surface area contributed by atoms with Crippen LogP contribution in [0.5, 0.6) is 5.75 Å². The van der Waals surface area contributed by atoms with Crippen LogP contribution in [0.4, 0.5) is 4.39 Å². The van der Waals surface area contributed by atoms with Gasteiger partial charge in [0.1, 0.15) is 18.2 Å². The van der Waals surface area contributed by atoms with E-state index in [1.165, 1.54) is 23.9 Å². The number of thioether (sulfide) groups is 1. The number of halogens is 2. The predicted octanol–water partition coefficient (Wildman–Crippen LogP) is 6.56. The van der Waals surface area contributed by atoms with E-state index in [9.17, 15) is 9.18 Å². The Morgan fingerprint density at radius 2 is 1.82 bits per heavy atom. The van der Waals surface area contributed by atoms with E-state index in [0.29, 0.717) is 12.4 Å². The molecular weight excluding hydrogens is 503 g/mol. The van der Waals surface area contributed by atoms with Crippen molar-refractivity contribution in [1.29, 1.82) is 0 Å². The Labute approximate surface area is 204 Å². The van der Waals surface area contributed by atoms with Crippen LogP contribution in [0, 0.1) is 5.82 Å². The molecular formula is C26H20BrFN2O2S. The second kappa shape index (κ2) is 11.1. The first-order chi connectivity index (χ1) is 16.1. The highest BCUT2D eigenvalue weighted by Gasteiger charge is 2.06. The van der Waals surface area contributed by atoms with Crippen molar-refractivity contribution in [1.82, 2.24) is 5.43 Å². The zero-order valence-electron chi connectivity index (χ0n) is 17.5. The summed E-state index contributed by atoms with van der Waals surface area (Å²) in [6, 6.07) is 25.8. The third-order valence-corrected chi connectivity index (χ3v) is 6.47. The van der Waals surface area contributed by atoms with E-state index in [-0.39, 0.29) is 17.5 Å². The quantitative estimate of drug-likeness (QED) is 0.162. The molecule has 0 aliphatic rings. The smallest absolute Gasteiger partial charge is 0.250 e. The van der Waals surface area contributed by atoms with Gasteiger partial charge in [0.05, 0.1) is 16.4 Å². The summed E-state index contributed by atoms with van der Waals surface area (Å²) in [5.41, 5.74) is 4.24. The average molecular weight is 523 g/mol. The van der Waals surface area contributed by atoms with Crippen molar-refractivity contribution < 1.29 is 13.9 Å². The number of hydrazone groups is 1. The summed E-state index contributed by atoms with van der Waals surface area (Å²) in [5.74, 6) is 0.475. The normalized spacial score (nSPS) is 11.1. The highest BCUT2D eigenvalue weighted by atomic mass is 79.9. The Morgan fingerprint density at radius 3 is 2.64 bits per heavy atom. The summed E-state index contributed by atoms with van der Waals surface area (Å²) in [6.07, 6.45) is 1.58. The van der Waals surface area contributed by atoms with Crippen LogP contribution in [0.1, 0.15) is 11.1 Å². The molecule has 0 aliphatic heterocycles. The molecule has 4 nitrogen and oxygen atoms in total. The monoisotopic (exact) mass is 522 g/mol. The second-order valence-corrected chi connectivity index (χ2v) is 9.04. The number of fused-ring (bicyclic) bond motifs is 1. The van der Waals surface area contributed by atoms with Gasteiger partial charge in [0, 0.05) is 4.90 Å². The fraction of sp³-hybridized carbons (Fsp3) is 0.0769. The van der Waals surface area contributed by atoms with E-state index in [4.69, 9.17) is 4.74 Å². The molecule has 0 aliphatic carbocycles. The van der Waals surface area contributed by atoms with E-state index < -0.39 is 0 Å². The molecule has 0 radical (unpaired) electrons. The molecule has 0 unspecified atom stereocenters. The molecule has 0 saturated heterocycles. The van der Waals surface area contributed by atoms with Gasteiger partial charge in [-0.25, -0.2) is 9.82 Å². The summed E-state index contributed by atoms with van der Waals surface area (Å²) in [6.45, 7) is 0.330. The molecule has 33 heavy (non-hydrogen) atoms. The minimum Gasteiger partial charge on any atom is -0.488 e. The van der Waals surface area contributed by atoms with Gasteiger partial charge in [-0.3, -0.25) is 4.79 Å². The highest BCUT2D eigenvalue weighted by molar-refractivity contribution is 9.10. The summed E-state index contributed by atoms with van der Waals surface area (Å²) >= 11 is 4.97. The molecule has 0 atom stereocenters. The Balaban J connectivity index is 1.28. The van der Waals surface area contributed by atoms with E-state index in [0.717, 1.165) is 31.3 Å². The van der Waals surface area contributed by atoms with Crippen LogP contribution in [0.3, 0.4) is 0 Å². The summed E-state index contributed by atoms with van der Waals surface area (Å²) in [7, 11) is 0. The number of carbonyl (C=O) groups is 1. The number of benzene rings is 4. The maximum absolute atomic E-state index is 13.0. The van der Waals surface area contributed by atoms with Crippen molar-refractivity contribution >= 4 is 50.6 Å². The summed E-state index contributed by atoms with van der Waals surface area (Å²) < 4.78 is 19.5. The largest absolute Gasteiger partial charge is 0.488 e. The number of carbonyl (C=O) groups excluding carboxylic acids is 1. The Bertz CT molecular complexity index is 1290. The molecule has 0 spiro atoms. The molecule has 1 amide bonds. The van der Waals surface area contributed by atoms with Gasteiger partial charge < -0.3 is 4.74 Å². The number of hydrogen-bond donors (Lipinski definition) is 1. The lowest BCUT2D eigenvalue weighted by Gasteiger charge is -2.09. The summed E-state index contributed by atoms with van der Waals surface area (Å²) in [5, 5.41) is 6.34. The van der Waals surface area contributed by atoms with Crippen molar-refractivity contribution in [2.24, 2.45) is 5.10 Å². The van der Waals surface area contributed by atoms with Crippen molar-refractivity contribution in [2.45, 2.75) is 11.5 Å². The third-order valence-electron chi connectivity index (χ3n) is 4.77. The zero-order chi connectivity index (χ0) is 23.0. The number of nitrogens with one attached hydrogen (secondary N) is 1. The van der Waals surface area contributed by atoms with Crippen LogP contribution in [-0.4, -0.2) is 17.9 Å². The van der Waals surface area contributed by atoms with Gasteiger partial charge in [-0.2, -0.15) is 5.10 Å². The van der Waals surface area contributed by atoms with Crippen LogP contribution in [0.2, 0.25) is 0 Å². The second-order valence-electron chi connectivity index (χ2n) is 7.16. The van der Waals surface area contributed by atoms with Crippen LogP contribution < -0.4 is 10.2 Å². The van der Waals surface area contributed by atoms with E-state index >= 15 is 0 Å². The highest BCUT2D eigenvalue weighted by Crippen LogP contribution is 2.28. The van der Waals surface area contributed by atoms with Crippen LogP contribution in [0.15, 0.2) is 99.4 Å². The van der Waals surface area contributed by atoms with Crippen molar-refractivity contribution in [3.05, 3.63) is 106 Å². The number of rotatable bonds is 8. The lowest BCUT2D eigenvalue weighted by atomic mass is 10.1. The summed E-state index contributed by atoms with van der Waals surface area (Å²) in [4.78, 5) is 13.3. The van der Waals surface area contributed by atoms with Crippen LogP contribution >= 0.6 is 27.7 Å². The fourth-order valence-electron chi connectivity index (χ4n) is 3.13. The first-order valence-electron chi connectivity index (χ1n) is 10.2. The van der Waals surface area contributed by atoms with Crippen molar-refractivity contribution in [3.63, 3.8) is 0 Å². The van der Waals surface area contributed by atoms with Crippen molar-refractivity contribution in [2.75, 3.05) is 5.75 Å². The molecule has 0 aromatic heterocycles. The van der Waals surface area contributed by atoms with Gasteiger partial charge in [-0.05, 0) is 74.2 Å². The maximum Gasteiger partial charge on any atom is 0.250 e. The molecule has 0 bridgehead atoms. The van der Waals surface area contributed by atoms with Crippen molar-refractivity contribution in [3.8, 4) is 5.75 Å². The fourth-order valence-corrected chi connectivity index (χ4v) is 4.51. The topological polar surface area (TPSA) is 50.7 Å². The molecule has 166 valence electrons. The average Bonchev–Trinajstić information content (AvgIpc) is 2.83. The molecule has 4 aromatic rings. The Morgan fingerprint density at radius 1 is 1.03 bits per heavy atom. The van der Waals surface area contributed by atoms with E-state index in [1.54, 1.807) is 18.3 Å². The lowest BCUT2D eigenvalue weighted by molar-refractivity contribution is -0.118. The number of hydrogen-bond acceptors (Lipinski definition) is 4. The number of ether oxygens (including phenoxy) is 1. The molecule has 7 heteroatoms. The van der Waals surface area contributed by atoms with Gasteiger partial charge in [0.25, 0.3) is 0 Å². The number of amides is 1. The molecule has 0 heterocycles. The lowest BCUT2D eigenvalue weighted by Crippen LogP contribution is -2.19. The minimum atomic E-state index is -0.275. The third kappa shape index (κ3) is 6.43.